The molecule has 21 heavy (non-hydrogen) atoms. The predicted octanol–water partition coefficient (Wildman–Crippen LogP) is 2.17. The minimum Gasteiger partial charge on any atom is -0.507 e. The molecular formula is C14H12O6S. The van der Waals surface area contributed by atoms with Crippen LogP contribution >= 0.6 is 0 Å². The second-order valence-corrected chi connectivity index (χ2v) is 5.88. The zero-order chi connectivity index (χ0) is 15.6. The van der Waals surface area contributed by atoms with E-state index in [1.807, 2.05) is 6.92 Å². The van der Waals surface area contributed by atoms with Gasteiger partial charge in [0.25, 0.3) is 0 Å². The van der Waals surface area contributed by atoms with Gasteiger partial charge in [0.15, 0.2) is 0 Å². The molecule has 0 aliphatic rings. The Labute approximate surface area is 121 Å². The fourth-order valence-corrected chi connectivity index (χ4v) is 2.54. The van der Waals surface area contributed by atoms with Crippen LogP contribution in [0.15, 0.2) is 47.4 Å². The molecule has 0 unspecified atom stereocenters. The SMILES string of the molecule is Cc1ccc(S(=O)(=O)Oc2ccc(O)c(C(=O)O)c2)cc1. The molecule has 7 heteroatoms. The number of rotatable bonds is 4. The summed E-state index contributed by atoms with van der Waals surface area (Å²) < 4.78 is 29.0. The number of carboxylic acids is 1. The van der Waals surface area contributed by atoms with Gasteiger partial charge in [-0.3, -0.25) is 0 Å². The molecule has 2 N–H and O–H groups in total. The molecule has 0 saturated heterocycles. The molecule has 0 aromatic heterocycles. The Bertz CT molecular complexity index is 778. The summed E-state index contributed by atoms with van der Waals surface area (Å²) in [7, 11) is -4.06. The fraction of sp³-hybridized carbons (Fsp3) is 0.0714. The molecule has 0 atom stereocenters. The van der Waals surface area contributed by atoms with Gasteiger partial charge in [-0.15, -0.1) is 0 Å². The number of aryl methyl sites for hydroxylation is 1. The van der Waals surface area contributed by atoms with Gasteiger partial charge in [-0.25, -0.2) is 4.79 Å². The van der Waals surface area contributed by atoms with Crippen molar-refractivity contribution in [2.24, 2.45) is 0 Å². The van der Waals surface area contributed by atoms with Crippen LogP contribution < -0.4 is 4.18 Å². The lowest BCUT2D eigenvalue weighted by Crippen LogP contribution is -2.10. The van der Waals surface area contributed by atoms with Crippen molar-refractivity contribution >= 4 is 16.1 Å². The Balaban J connectivity index is 2.35. The molecule has 0 heterocycles. The van der Waals surface area contributed by atoms with Crippen LogP contribution in [0.5, 0.6) is 11.5 Å². The normalized spacial score (nSPS) is 11.1. The smallest absolute Gasteiger partial charge is 0.339 e. The Kier molecular flexibility index (Phi) is 3.86. The van der Waals surface area contributed by atoms with Crippen LogP contribution in [0.3, 0.4) is 0 Å². The summed E-state index contributed by atoms with van der Waals surface area (Å²) in [5.74, 6) is -2.04. The molecule has 0 amide bonds. The average Bonchev–Trinajstić information content (AvgIpc) is 2.41. The number of carboxylic acid groups (broad SMARTS) is 1. The lowest BCUT2D eigenvalue weighted by atomic mass is 10.2. The predicted molar refractivity (Wildman–Crippen MR) is 74.1 cm³/mol. The van der Waals surface area contributed by atoms with Crippen molar-refractivity contribution in [1.82, 2.24) is 0 Å². The van der Waals surface area contributed by atoms with E-state index in [9.17, 15) is 18.3 Å². The van der Waals surface area contributed by atoms with Gasteiger partial charge in [0, 0.05) is 6.07 Å². The minimum absolute atomic E-state index is 0.0435. The minimum atomic E-state index is -4.06. The lowest BCUT2D eigenvalue weighted by Gasteiger charge is -2.08. The third-order valence-electron chi connectivity index (χ3n) is 2.71. The van der Waals surface area contributed by atoms with E-state index >= 15 is 0 Å². The summed E-state index contributed by atoms with van der Waals surface area (Å²) >= 11 is 0. The van der Waals surface area contributed by atoms with Crippen molar-refractivity contribution in [3.63, 3.8) is 0 Å². The number of benzene rings is 2. The first kappa shape index (κ1) is 14.9. The molecule has 0 aliphatic heterocycles. The quantitative estimate of drug-likeness (QED) is 0.839. The highest BCUT2D eigenvalue weighted by atomic mass is 32.2. The van der Waals surface area contributed by atoms with Crippen LogP contribution in [0.1, 0.15) is 15.9 Å². The van der Waals surface area contributed by atoms with E-state index in [-0.39, 0.29) is 10.6 Å². The van der Waals surface area contributed by atoms with Gasteiger partial charge in [0.05, 0.1) is 0 Å². The second-order valence-electron chi connectivity index (χ2n) is 4.33. The summed E-state index contributed by atoms with van der Waals surface area (Å²) in [6.07, 6.45) is 0. The number of aromatic hydroxyl groups is 1. The van der Waals surface area contributed by atoms with Gasteiger partial charge in [-0.05, 0) is 31.2 Å². The summed E-state index contributed by atoms with van der Waals surface area (Å²) in [6, 6.07) is 9.21. The standard InChI is InChI=1S/C14H12O6S/c1-9-2-5-11(6-3-9)21(18,19)20-10-4-7-13(15)12(8-10)14(16)17/h2-8,15H,1H3,(H,16,17). The van der Waals surface area contributed by atoms with Crippen LogP contribution in [0, 0.1) is 6.92 Å². The molecule has 110 valence electrons. The van der Waals surface area contributed by atoms with Gasteiger partial charge in [-0.1, -0.05) is 17.7 Å². The maximum Gasteiger partial charge on any atom is 0.339 e. The van der Waals surface area contributed by atoms with Crippen LogP contribution in [-0.2, 0) is 10.1 Å². The largest absolute Gasteiger partial charge is 0.507 e. The van der Waals surface area contributed by atoms with Crippen molar-refractivity contribution in [2.45, 2.75) is 11.8 Å². The average molecular weight is 308 g/mol. The third kappa shape index (κ3) is 3.32. The van der Waals surface area contributed by atoms with E-state index in [2.05, 4.69) is 0 Å². The van der Waals surface area contributed by atoms with Crippen LogP contribution in [0.2, 0.25) is 0 Å². The molecule has 2 aromatic rings. The molecule has 0 radical (unpaired) electrons. The first-order valence-corrected chi connectivity index (χ1v) is 7.28. The van der Waals surface area contributed by atoms with E-state index in [1.165, 1.54) is 18.2 Å². The van der Waals surface area contributed by atoms with Gasteiger partial charge in [0.1, 0.15) is 22.0 Å². The maximum atomic E-state index is 12.0. The zero-order valence-electron chi connectivity index (χ0n) is 11.0. The van der Waals surface area contributed by atoms with Crippen LogP contribution in [0.4, 0.5) is 0 Å². The number of hydrogen-bond acceptors (Lipinski definition) is 5. The molecule has 6 nitrogen and oxygen atoms in total. The Hall–Kier alpha value is -2.54. The van der Waals surface area contributed by atoms with Gasteiger partial charge < -0.3 is 14.4 Å². The first-order valence-electron chi connectivity index (χ1n) is 5.87. The Morgan fingerprint density at radius 1 is 1.10 bits per heavy atom. The van der Waals surface area contributed by atoms with E-state index < -0.39 is 27.4 Å². The van der Waals surface area contributed by atoms with Crippen molar-refractivity contribution in [3.05, 3.63) is 53.6 Å². The molecule has 0 saturated carbocycles. The maximum absolute atomic E-state index is 12.0. The van der Waals surface area contributed by atoms with E-state index in [0.29, 0.717) is 0 Å². The van der Waals surface area contributed by atoms with Crippen LogP contribution in [-0.4, -0.2) is 24.6 Å². The molecular weight excluding hydrogens is 296 g/mol. The van der Waals surface area contributed by atoms with E-state index in [0.717, 1.165) is 17.7 Å². The molecule has 0 spiro atoms. The highest BCUT2D eigenvalue weighted by Gasteiger charge is 2.18. The molecule has 0 fully saturated rings. The van der Waals surface area contributed by atoms with Crippen LogP contribution in [0.25, 0.3) is 0 Å². The topological polar surface area (TPSA) is 101 Å². The Morgan fingerprint density at radius 3 is 2.29 bits per heavy atom. The summed E-state index contributed by atoms with van der Waals surface area (Å²) in [6.45, 7) is 1.82. The number of carbonyl (C=O) groups is 1. The zero-order valence-corrected chi connectivity index (χ0v) is 11.8. The lowest BCUT2D eigenvalue weighted by molar-refractivity contribution is 0.0693. The number of phenols is 1. The van der Waals surface area contributed by atoms with Gasteiger partial charge in [0.2, 0.25) is 0 Å². The first-order chi connectivity index (χ1) is 9.79. The van der Waals surface area contributed by atoms with E-state index in [1.54, 1.807) is 12.1 Å². The molecule has 0 aliphatic carbocycles. The third-order valence-corrected chi connectivity index (χ3v) is 3.98. The highest BCUT2D eigenvalue weighted by molar-refractivity contribution is 7.87. The monoisotopic (exact) mass is 308 g/mol. The van der Waals surface area contributed by atoms with Crippen molar-refractivity contribution in [2.75, 3.05) is 0 Å². The highest BCUT2D eigenvalue weighted by Crippen LogP contribution is 2.25. The second kappa shape index (κ2) is 5.45. The van der Waals surface area contributed by atoms with Crippen molar-refractivity contribution in [1.29, 1.82) is 0 Å². The number of aromatic carboxylic acids is 1. The van der Waals surface area contributed by atoms with Crippen molar-refractivity contribution in [3.8, 4) is 11.5 Å². The summed E-state index contributed by atoms with van der Waals surface area (Å²) in [5, 5.41) is 18.2. The summed E-state index contributed by atoms with van der Waals surface area (Å²) in [4.78, 5) is 10.8. The van der Waals surface area contributed by atoms with Gasteiger partial charge >= 0.3 is 16.1 Å². The van der Waals surface area contributed by atoms with Crippen molar-refractivity contribution < 1.29 is 27.6 Å². The van der Waals surface area contributed by atoms with Gasteiger partial charge in [-0.2, -0.15) is 8.42 Å². The fourth-order valence-electron chi connectivity index (χ4n) is 1.62. The molecule has 2 rings (SSSR count). The molecule has 0 bridgehead atoms. The Morgan fingerprint density at radius 2 is 1.71 bits per heavy atom. The van der Waals surface area contributed by atoms with E-state index in [4.69, 9.17) is 9.29 Å². The molecule has 2 aromatic carbocycles. The summed E-state index contributed by atoms with van der Waals surface area (Å²) in [5.41, 5.74) is 0.457. The number of hydrogen-bond donors (Lipinski definition) is 2.